The zero-order valence-electron chi connectivity index (χ0n) is 17.8. The van der Waals surface area contributed by atoms with Crippen LogP contribution in [0.4, 0.5) is 33.3 Å². The van der Waals surface area contributed by atoms with E-state index in [-0.39, 0.29) is 28.3 Å². The summed E-state index contributed by atoms with van der Waals surface area (Å²) in [5.41, 5.74) is -0.879. The lowest BCUT2D eigenvalue weighted by atomic mass is 10.1. The summed E-state index contributed by atoms with van der Waals surface area (Å²) in [6.07, 6.45) is -3.58. The molecule has 15 heteroatoms. The second kappa shape index (κ2) is 8.57. The van der Waals surface area contributed by atoms with Crippen molar-refractivity contribution >= 4 is 38.3 Å². The number of methoxy groups -OCH3 is 1. The van der Waals surface area contributed by atoms with E-state index in [1.165, 1.54) is 19.2 Å². The Morgan fingerprint density at radius 1 is 1.17 bits per heavy atom. The fourth-order valence-corrected chi connectivity index (χ4v) is 4.24. The quantitative estimate of drug-likeness (QED) is 0.517. The van der Waals surface area contributed by atoms with Crippen LogP contribution >= 0.6 is 0 Å². The number of benzene rings is 1. The number of rotatable bonds is 5. The van der Waals surface area contributed by atoms with Crippen LogP contribution in [0.2, 0.25) is 0 Å². The summed E-state index contributed by atoms with van der Waals surface area (Å²) in [6, 6.07) is 3.78. The van der Waals surface area contributed by atoms with Gasteiger partial charge in [-0.3, -0.25) is 4.79 Å². The van der Waals surface area contributed by atoms with Gasteiger partial charge in [-0.05, 0) is 18.2 Å². The molecule has 1 aromatic carbocycles. The third-order valence-electron chi connectivity index (χ3n) is 5.23. The van der Waals surface area contributed by atoms with E-state index in [0.29, 0.717) is 12.1 Å². The molecule has 3 heterocycles. The Labute approximate surface area is 195 Å². The number of anilines is 2. The highest BCUT2D eigenvalue weighted by molar-refractivity contribution is 7.89. The van der Waals surface area contributed by atoms with Gasteiger partial charge >= 0.3 is 6.18 Å². The largest absolute Gasteiger partial charge is 0.481 e. The predicted molar refractivity (Wildman–Crippen MR) is 113 cm³/mol. The van der Waals surface area contributed by atoms with Gasteiger partial charge in [0.15, 0.2) is 5.65 Å². The van der Waals surface area contributed by atoms with Crippen LogP contribution in [0.1, 0.15) is 5.56 Å². The summed E-state index contributed by atoms with van der Waals surface area (Å²) in [5, 5.41) is 5.05. The number of pyridine rings is 2. The second-order valence-electron chi connectivity index (χ2n) is 7.58. The number of ether oxygens (including phenoxy) is 1. The molecule has 0 saturated heterocycles. The second-order valence-corrected chi connectivity index (χ2v) is 9.14. The van der Waals surface area contributed by atoms with Gasteiger partial charge in [0.25, 0.3) is 0 Å². The smallest absolute Gasteiger partial charge is 0.405 e. The Kier molecular flexibility index (Phi) is 6.00. The molecule has 0 unspecified atom stereocenters. The van der Waals surface area contributed by atoms with E-state index >= 15 is 0 Å². The first-order chi connectivity index (χ1) is 16.3. The van der Waals surface area contributed by atoms with Gasteiger partial charge in [-0.1, -0.05) is 0 Å². The zero-order valence-corrected chi connectivity index (χ0v) is 18.6. The van der Waals surface area contributed by atoms with Crippen molar-refractivity contribution in [3.05, 3.63) is 47.7 Å². The molecule has 0 aliphatic carbocycles. The molecule has 4 rings (SSSR count). The summed E-state index contributed by atoms with van der Waals surface area (Å²) in [7, 11) is -3.08. The topological polar surface area (TPSA) is 119 Å². The van der Waals surface area contributed by atoms with E-state index in [2.05, 4.69) is 9.97 Å². The van der Waals surface area contributed by atoms with E-state index in [0.717, 1.165) is 16.0 Å². The van der Waals surface area contributed by atoms with Gasteiger partial charge in [-0.25, -0.2) is 27.3 Å². The van der Waals surface area contributed by atoms with Gasteiger partial charge in [0.1, 0.15) is 18.2 Å². The highest BCUT2D eigenvalue weighted by Crippen LogP contribution is 2.41. The van der Waals surface area contributed by atoms with Crippen LogP contribution in [0.3, 0.4) is 0 Å². The highest BCUT2D eigenvalue weighted by atomic mass is 32.2. The normalized spacial score (nSPS) is 14.4. The Morgan fingerprint density at radius 3 is 2.40 bits per heavy atom. The molecular weight excluding hydrogens is 501 g/mol. The minimum atomic E-state index is -4.66. The van der Waals surface area contributed by atoms with Crippen LogP contribution in [-0.4, -0.2) is 50.7 Å². The molecule has 0 radical (unpaired) electrons. The Morgan fingerprint density at radius 2 is 1.83 bits per heavy atom. The number of alkyl halides is 3. The molecule has 0 saturated carbocycles. The summed E-state index contributed by atoms with van der Waals surface area (Å²) < 4.78 is 96.9. The average Bonchev–Trinajstić information content (AvgIpc) is 2.75. The molecule has 0 bridgehead atoms. The zero-order chi connectivity index (χ0) is 25.7. The molecule has 0 atom stereocenters. The summed E-state index contributed by atoms with van der Waals surface area (Å²) in [5.74, 6) is -3.36. The number of carbonyl (C=O) groups excluding carboxylic acids is 1. The predicted octanol–water partition coefficient (Wildman–Crippen LogP) is 2.48. The third kappa shape index (κ3) is 4.81. The number of amides is 1. The molecule has 0 fully saturated rings. The summed E-state index contributed by atoms with van der Waals surface area (Å²) >= 11 is 0. The molecule has 3 aromatic rings. The number of hydrogen-bond donors (Lipinski definition) is 1. The fourth-order valence-electron chi connectivity index (χ4n) is 3.70. The van der Waals surface area contributed by atoms with E-state index in [9.17, 15) is 35.2 Å². The molecule has 2 N–H and O–H groups in total. The van der Waals surface area contributed by atoms with Crippen LogP contribution in [0.25, 0.3) is 11.0 Å². The SMILES string of the molecule is COc1ccc2c3c(cnc2n1)N(CC(F)(F)F)CC(=O)N3Cc1c(F)cc(S(N)(=O)=O)cc1F. The van der Waals surface area contributed by atoms with E-state index in [4.69, 9.17) is 9.88 Å². The first-order valence-corrected chi connectivity index (χ1v) is 11.3. The lowest BCUT2D eigenvalue weighted by Gasteiger charge is -2.38. The maximum absolute atomic E-state index is 14.7. The molecule has 1 aliphatic rings. The molecule has 1 amide bonds. The van der Waals surface area contributed by atoms with Gasteiger partial charge < -0.3 is 14.5 Å². The lowest BCUT2D eigenvalue weighted by molar-refractivity contribution is -0.123. The van der Waals surface area contributed by atoms with Crippen molar-refractivity contribution in [2.45, 2.75) is 17.6 Å². The number of sulfonamides is 1. The maximum Gasteiger partial charge on any atom is 0.405 e. The van der Waals surface area contributed by atoms with Gasteiger partial charge in [-0.15, -0.1) is 0 Å². The summed E-state index contributed by atoms with van der Waals surface area (Å²) in [6.45, 7) is -2.97. The van der Waals surface area contributed by atoms with Crippen molar-refractivity contribution in [1.82, 2.24) is 9.97 Å². The molecule has 2 aromatic heterocycles. The first-order valence-electron chi connectivity index (χ1n) is 9.75. The van der Waals surface area contributed by atoms with Crippen LogP contribution in [0.15, 0.2) is 35.4 Å². The number of hydrogen-bond acceptors (Lipinski definition) is 7. The minimum Gasteiger partial charge on any atom is -0.481 e. The molecule has 186 valence electrons. The number of halogens is 5. The number of nitrogens with zero attached hydrogens (tertiary/aromatic N) is 4. The van der Waals surface area contributed by atoms with Crippen molar-refractivity contribution in [3.63, 3.8) is 0 Å². The third-order valence-corrected chi connectivity index (χ3v) is 6.13. The Balaban J connectivity index is 1.88. The molecule has 0 spiro atoms. The fraction of sp³-hybridized carbons (Fsp3) is 0.250. The minimum absolute atomic E-state index is 0.0141. The van der Waals surface area contributed by atoms with Gasteiger partial charge in [0.2, 0.25) is 21.8 Å². The summed E-state index contributed by atoms with van der Waals surface area (Å²) in [4.78, 5) is 22.0. The Bertz CT molecular complexity index is 1420. The number of fused-ring (bicyclic) bond motifs is 3. The van der Waals surface area contributed by atoms with E-state index in [1.807, 2.05) is 0 Å². The number of carbonyl (C=O) groups is 1. The van der Waals surface area contributed by atoms with Crippen molar-refractivity contribution in [2.24, 2.45) is 5.14 Å². The first kappa shape index (κ1) is 24.5. The number of primary sulfonamides is 1. The van der Waals surface area contributed by atoms with E-state index in [1.54, 1.807) is 0 Å². The van der Waals surface area contributed by atoms with Crippen LogP contribution in [0.5, 0.6) is 5.88 Å². The number of nitrogens with two attached hydrogens (primary N) is 1. The molecule has 35 heavy (non-hydrogen) atoms. The average molecular weight is 517 g/mol. The van der Waals surface area contributed by atoms with E-state index < -0.39 is 63.8 Å². The molecular formula is C20H16F5N5O4S. The lowest BCUT2D eigenvalue weighted by Crippen LogP contribution is -2.48. The van der Waals surface area contributed by atoms with Crippen LogP contribution in [-0.2, 0) is 21.4 Å². The standard InChI is InChI=1S/C20H16F5N5O4S/c1-34-16-3-2-11-18-15(6-27-19(11)28-16)29(9-20(23,24)25)8-17(31)30(18)7-12-13(21)4-10(5-14(12)22)35(26,32)33/h2-6H,7-9H2,1H3,(H2,26,32,33). The van der Waals surface area contributed by atoms with Crippen molar-refractivity contribution in [3.8, 4) is 5.88 Å². The molecule has 9 nitrogen and oxygen atoms in total. The van der Waals surface area contributed by atoms with Crippen LogP contribution < -0.4 is 19.7 Å². The van der Waals surface area contributed by atoms with Crippen molar-refractivity contribution in [1.29, 1.82) is 0 Å². The number of aromatic nitrogens is 2. The van der Waals surface area contributed by atoms with Crippen LogP contribution in [0, 0.1) is 11.6 Å². The Hall–Kier alpha value is -3.59. The van der Waals surface area contributed by atoms with Gasteiger partial charge in [0.05, 0.1) is 42.7 Å². The van der Waals surface area contributed by atoms with Crippen molar-refractivity contribution < 1.29 is 39.9 Å². The van der Waals surface area contributed by atoms with Gasteiger partial charge in [-0.2, -0.15) is 18.2 Å². The maximum atomic E-state index is 14.7. The van der Waals surface area contributed by atoms with Gasteiger partial charge in [0, 0.05) is 17.0 Å². The molecule has 1 aliphatic heterocycles. The highest BCUT2D eigenvalue weighted by Gasteiger charge is 2.39. The van der Waals surface area contributed by atoms with Crippen molar-refractivity contribution in [2.75, 3.05) is 30.0 Å². The monoisotopic (exact) mass is 517 g/mol.